The van der Waals surface area contributed by atoms with E-state index in [9.17, 15) is 39.5 Å². The summed E-state index contributed by atoms with van der Waals surface area (Å²) in [5, 5.41) is 3.27. The summed E-state index contributed by atoms with van der Waals surface area (Å²) in [6.45, 7) is -4.12. The van der Waals surface area contributed by atoms with Crippen molar-refractivity contribution in [2.75, 3.05) is 0 Å². The molecule has 47 heavy (non-hydrogen) atoms. The Bertz CT molecular complexity index is 1910. The Kier molecular flexibility index (Phi) is 8.98. The van der Waals surface area contributed by atoms with Crippen molar-refractivity contribution in [2.24, 2.45) is 0 Å². The molecule has 0 aliphatic heterocycles. The molecule has 0 spiro atoms. The fourth-order valence-electron chi connectivity index (χ4n) is 5.38. The highest BCUT2D eigenvalue weighted by Gasteiger charge is 2.34. The quantitative estimate of drug-likeness (QED) is 0.124. The standard InChI is InChI=1S/C36H27F9P2/c1-24-7-15-28(16-8-24)46(2,29-17-9-25(10-18-29)34(37,38)39)32-5-4-6-33(23-32)47(3,30-19-11-26(12-20-30)35(40,41)42)31-21-13-27(14-22-31)36(43,44)45/h4-23H,2-3H2,1H3. The molecule has 1 atom stereocenters. The van der Waals surface area contributed by atoms with Crippen LogP contribution in [-0.4, -0.2) is 12.6 Å². The zero-order valence-electron chi connectivity index (χ0n) is 24.8. The third-order valence-corrected chi connectivity index (χ3v) is 15.1. The van der Waals surface area contributed by atoms with Crippen molar-refractivity contribution in [2.45, 2.75) is 25.5 Å². The first-order valence-corrected chi connectivity index (χ1v) is 18.0. The lowest BCUT2D eigenvalue weighted by molar-refractivity contribution is -0.138. The van der Waals surface area contributed by atoms with E-state index in [1.54, 1.807) is 24.3 Å². The zero-order valence-corrected chi connectivity index (χ0v) is 26.5. The van der Waals surface area contributed by atoms with Crippen LogP contribution < -0.4 is 31.8 Å². The highest BCUT2D eigenvalue weighted by molar-refractivity contribution is 7.94. The van der Waals surface area contributed by atoms with E-state index in [4.69, 9.17) is 0 Å². The Labute approximate surface area is 266 Å². The molecule has 5 aromatic rings. The number of rotatable bonds is 6. The van der Waals surface area contributed by atoms with E-state index in [0.29, 0.717) is 26.5 Å². The minimum absolute atomic E-state index is 0.389. The van der Waals surface area contributed by atoms with Crippen LogP contribution in [0.25, 0.3) is 0 Å². The molecule has 5 aromatic carbocycles. The number of hydrogen-bond acceptors (Lipinski definition) is 0. The van der Waals surface area contributed by atoms with Gasteiger partial charge in [0, 0.05) is 0 Å². The third-order valence-electron chi connectivity index (χ3n) is 8.09. The molecule has 0 amide bonds. The van der Waals surface area contributed by atoms with E-state index < -0.39 is 49.0 Å². The predicted octanol–water partition coefficient (Wildman–Crippen LogP) is 8.50. The molecule has 0 aliphatic carbocycles. The van der Waals surface area contributed by atoms with Crippen molar-refractivity contribution in [3.8, 4) is 0 Å². The first-order valence-electron chi connectivity index (χ1n) is 14.0. The number of hydrogen-bond donors (Lipinski definition) is 0. The smallest absolute Gasteiger partial charge is 0.166 e. The van der Waals surface area contributed by atoms with Crippen molar-refractivity contribution < 1.29 is 39.5 Å². The van der Waals surface area contributed by atoms with Gasteiger partial charge in [0.2, 0.25) is 0 Å². The third kappa shape index (κ3) is 6.75. The second-order valence-corrected chi connectivity index (χ2v) is 17.4. The second-order valence-electron chi connectivity index (χ2n) is 11.1. The van der Waals surface area contributed by atoms with Gasteiger partial charge in [0.15, 0.2) is 0 Å². The van der Waals surface area contributed by atoms with Gasteiger partial charge in [0.1, 0.15) is 0 Å². The highest BCUT2D eigenvalue weighted by Crippen LogP contribution is 2.46. The van der Waals surface area contributed by atoms with Gasteiger partial charge < -0.3 is 0 Å². The zero-order chi connectivity index (χ0) is 34.4. The van der Waals surface area contributed by atoms with Crippen molar-refractivity contribution in [1.29, 1.82) is 0 Å². The van der Waals surface area contributed by atoms with Crippen molar-refractivity contribution in [1.82, 2.24) is 0 Å². The Morgan fingerprint density at radius 1 is 0.383 bits per heavy atom. The summed E-state index contributed by atoms with van der Waals surface area (Å²) in [6, 6.07) is 28.0. The van der Waals surface area contributed by atoms with Gasteiger partial charge in [-0.1, -0.05) is 97.0 Å². The molecule has 0 aromatic heterocycles. The molecule has 1 unspecified atom stereocenters. The van der Waals surface area contributed by atoms with Crippen molar-refractivity contribution >= 4 is 58.2 Å². The molecule has 0 aliphatic rings. The molecule has 0 radical (unpaired) electrons. The summed E-state index contributed by atoms with van der Waals surface area (Å²) in [6.07, 6.45) is -4.65. The van der Waals surface area contributed by atoms with Gasteiger partial charge in [0.05, 0.1) is 16.7 Å². The Morgan fingerprint density at radius 3 is 0.894 bits per heavy atom. The van der Waals surface area contributed by atoms with E-state index in [1.807, 2.05) is 31.2 Å². The summed E-state index contributed by atoms with van der Waals surface area (Å²) in [4.78, 5) is 0. The summed E-state index contributed by atoms with van der Waals surface area (Å²) in [7, 11) is 0. The summed E-state index contributed by atoms with van der Waals surface area (Å²) in [5.74, 6) is 0. The van der Waals surface area contributed by atoms with Crippen molar-refractivity contribution in [3.63, 3.8) is 0 Å². The Hall–Kier alpha value is -3.93. The van der Waals surface area contributed by atoms with Gasteiger partial charge in [-0.05, 0) is 95.0 Å². The molecular weight excluding hydrogens is 665 g/mol. The van der Waals surface area contributed by atoms with Gasteiger partial charge in [-0.2, -0.15) is 39.5 Å². The van der Waals surface area contributed by atoms with Gasteiger partial charge in [0.25, 0.3) is 0 Å². The maximum Gasteiger partial charge on any atom is 0.416 e. The molecule has 0 bridgehead atoms. The molecule has 0 heterocycles. The van der Waals surface area contributed by atoms with E-state index in [-0.39, 0.29) is 0 Å². The normalized spacial score (nSPS) is 14.1. The molecule has 5 rings (SSSR count). The van der Waals surface area contributed by atoms with Gasteiger partial charge in [-0.15, -0.1) is 0 Å². The molecule has 0 saturated heterocycles. The number of halogens is 9. The van der Waals surface area contributed by atoms with Crippen molar-refractivity contribution in [3.05, 3.63) is 144 Å². The number of aryl methyl sites for hydroxylation is 1. The number of benzene rings is 5. The van der Waals surface area contributed by atoms with Crippen LogP contribution in [-0.2, 0) is 18.5 Å². The van der Waals surface area contributed by atoms with Crippen LogP contribution >= 0.6 is 13.8 Å². The summed E-state index contributed by atoms with van der Waals surface area (Å²) in [5.41, 5.74) is -1.65. The molecular formula is C36H27F9P2. The van der Waals surface area contributed by atoms with E-state index in [2.05, 4.69) is 12.6 Å². The molecule has 11 heteroatoms. The van der Waals surface area contributed by atoms with Gasteiger partial charge in [-0.3, -0.25) is 0 Å². The SMILES string of the molecule is C=P(c1ccc(C)cc1)(c1ccc(C(F)(F)F)cc1)c1cccc(P(=C)(c2ccc(C(F)(F)F)cc2)c2ccc(C(F)(F)F)cc2)c1. The van der Waals surface area contributed by atoms with Gasteiger partial charge >= 0.3 is 18.5 Å². The first kappa shape index (κ1) is 34.4. The fraction of sp³-hybridized carbons (Fsp3) is 0.111. The average Bonchev–Trinajstić information content (AvgIpc) is 3.03. The highest BCUT2D eigenvalue weighted by atomic mass is 31.2. The van der Waals surface area contributed by atoms with E-state index in [0.717, 1.165) is 47.3 Å². The van der Waals surface area contributed by atoms with Crippen LogP contribution in [0.15, 0.2) is 121 Å². The predicted molar refractivity (Wildman–Crippen MR) is 178 cm³/mol. The molecule has 0 fully saturated rings. The first-order chi connectivity index (χ1) is 21.8. The Balaban J connectivity index is 1.75. The van der Waals surface area contributed by atoms with Crippen LogP contribution in [0, 0.1) is 6.92 Å². The minimum atomic E-state index is -4.61. The van der Waals surface area contributed by atoms with Crippen LogP contribution in [0.1, 0.15) is 22.3 Å². The lowest BCUT2D eigenvalue weighted by atomic mass is 10.2. The topological polar surface area (TPSA) is 0 Å². The molecule has 0 nitrogen and oxygen atoms in total. The minimum Gasteiger partial charge on any atom is -0.166 e. The van der Waals surface area contributed by atoms with Crippen LogP contribution in [0.3, 0.4) is 0 Å². The summed E-state index contributed by atoms with van der Waals surface area (Å²) >= 11 is 0. The maximum absolute atomic E-state index is 13.5. The van der Waals surface area contributed by atoms with Crippen LogP contribution in [0.2, 0.25) is 0 Å². The molecule has 0 N–H and O–H groups in total. The van der Waals surface area contributed by atoms with Crippen LogP contribution in [0.4, 0.5) is 39.5 Å². The second kappa shape index (κ2) is 12.3. The fourth-order valence-corrected chi connectivity index (χ4v) is 11.3. The van der Waals surface area contributed by atoms with Crippen LogP contribution in [0.5, 0.6) is 0 Å². The summed E-state index contributed by atoms with van der Waals surface area (Å²) < 4.78 is 121. The molecule has 0 saturated carbocycles. The number of alkyl halides is 9. The average molecular weight is 693 g/mol. The largest absolute Gasteiger partial charge is 0.416 e. The van der Waals surface area contributed by atoms with Gasteiger partial charge in [-0.25, -0.2) is 0 Å². The lowest BCUT2D eigenvalue weighted by Gasteiger charge is -2.31. The monoisotopic (exact) mass is 692 g/mol. The Morgan fingerprint density at radius 2 is 0.638 bits per heavy atom. The van der Waals surface area contributed by atoms with E-state index in [1.165, 1.54) is 36.4 Å². The lowest BCUT2D eigenvalue weighted by Crippen LogP contribution is -2.31. The maximum atomic E-state index is 13.5. The van der Waals surface area contributed by atoms with E-state index >= 15 is 0 Å². The molecule has 244 valence electrons.